The third-order valence-electron chi connectivity index (χ3n) is 4.51. The van der Waals surface area contributed by atoms with E-state index in [1.54, 1.807) is 0 Å². The van der Waals surface area contributed by atoms with E-state index in [2.05, 4.69) is 0 Å². The first-order valence-electron chi connectivity index (χ1n) is 8.57. The lowest BCUT2D eigenvalue weighted by Crippen LogP contribution is -2.23. The standard InChI is InChI=1S/C17H33NO/c18-15-17(19)16-13-11-9-7-5-3-1-2-4-6-8-10-12-14-16/h16H,1-15,18H2. The highest BCUT2D eigenvalue weighted by Crippen LogP contribution is 2.21. The summed E-state index contributed by atoms with van der Waals surface area (Å²) in [6, 6.07) is 0. The smallest absolute Gasteiger partial charge is 0.149 e. The van der Waals surface area contributed by atoms with Gasteiger partial charge >= 0.3 is 0 Å². The predicted molar refractivity (Wildman–Crippen MR) is 82.2 cm³/mol. The summed E-state index contributed by atoms with van der Waals surface area (Å²) in [5.74, 6) is 0.555. The molecule has 0 atom stereocenters. The summed E-state index contributed by atoms with van der Waals surface area (Å²) in [5, 5.41) is 0. The van der Waals surface area contributed by atoms with Gasteiger partial charge in [-0.1, -0.05) is 77.0 Å². The maximum absolute atomic E-state index is 11.8. The SMILES string of the molecule is NCC(=O)C1CCCCCCCCCCCCCC1. The Labute approximate surface area is 119 Å². The Morgan fingerprint density at radius 1 is 0.684 bits per heavy atom. The van der Waals surface area contributed by atoms with Crippen molar-refractivity contribution in [1.29, 1.82) is 0 Å². The van der Waals surface area contributed by atoms with E-state index in [-0.39, 0.29) is 12.5 Å². The fourth-order valence-electron chi connectivity index (χ4n) is 3.18. The van der Waals surface area contributed by atoms with Crippen LogP contribution in [0.15, 0.2) is 0 Å². The van der Waals surface area contributed by atoms with Crippen LogP contribution in [0.25, 0.3) is 0 Å². The van der Waals surface area contributed by atoms with Crippen LogP contribution in [0.2, 0.25) is 0 Å². The molecule has 0 unspecified atom stereocenters. The molecule has 0 aliphatic heterocycles. The van der Waals surface area contributed by atoms with Gasteiger partial charge in [0, 0.05) is 5.92 Å². The van der Waals surface area contributed by atoms with Gasteiger partial charge in [0.25, 0.3) is 0 Å². The van der Waals surface area contributed by atoms with Crippen molar-refractivity contribution >= 4 is 5.78 Å². The number of carbonyl (C=O) groups excluding carboxylic acids is 1. The van der Waals surface area contributed by atoms with Gasteiger partial charge in [0.1, 0.15) is 5.78 Å². The van der Waals surface area contributed by atoms with E-state index < -0.39 is 0 Å². The van der Waals surface area contributed by atoms with E-state index >= 15 is 0 Å². The molecule has 0 aromatic carbocycles. The number of hydrogen-bond donors (Lipinski definition) is 1. The number of nitrogens with two attached hydrogens (primary N) is 1. The molecule has 2 heteroatoms. The molecule has 112 valence electrons. The minimum absolute atomic E-state index is 0.241. The van der Waals surface area contributed by atoms with Gasteiger partial charge in [-0.3, -0.25) is 4.79 Å². The van der Waals surface area contributed by atoms with E-state index in [9.17, 15) is 4.79 Å². The zero-order chi connectivity index (χ0) is 13.8. The van der Waals surface area contributed by atoms with E-state index in [0.29, 0.717) is 5.78 Å². The molecule has 1 aliphatic carbocycles. The second-order valence-electron chi connectivity index (χ2n) is 6.19. The van der Waals surface area contributed by atoms with Gasteiger partial charge in [0.2, 0.25) is 0 Å². The molecule has 1 fully saturated rings. The molecule has 0 heterocycles. The number of hydrogen-bond acceptors (Lipinski definition) is 2. The van der Waals surface area contributed by atoms with Gasteiger partial charge in [-0.25, -0.2) is 0 Å². The average Bonchev–Trinajstić information content (AvgIpc) is 2.44. The van der Waals surface area contributed by atoms with E-state index in [1.165, 1.54) is 77.0 Å². The molecular formula is C17H33NO. The molecule has 1 saturated carbocycles. The van der Waals surface area contributed by atoms with Crippen molar-refractivity contribution in [3.05, 3.63) is 0 Å². The van der Waals surface area contributed by atoms with Crippen LogP contribution in [0, 0.1) is 5.92 Å². The molecule has 0 bridgehead atoms. The molecule has 0 aromatic rings. The minimum atomic E-state index is 0.241. The Kier molecular flexibility index (Phi) is 10.1. The summed E-state index contributed by atoms with van der Waals surface area (Å²) in [6.45, 7) is 0.241. The Morgan fingerprint density at radius 3 is 1.32 bits per heavy atom. The predicted octanol–water partition coefficient (Wildman–Crippen LogP) is 4.61. The largest absolute Gasteiger partial charge is 0.324 e. The minimum Gasteiger partial charge on any atom is -0.324 e. The van der Waals surface area contributed by atoms with Crippen LogP contribution in [-0.2, 0) is 4.79 Å². The van der Waals surface area contributed by atoms with Crippen molar-refractivity contribution in [2.24, 2.45) is 11.7 Å². The second-order valence-corrected chi connectivity index (χ2v) is 6.19. The van der Waals surface area contributed by atoms with Gasteiger partial charge in [-0.15, -0.1) is 0 Å². The molecule has 0 saturated heterocycles. The topological polar surface area (TPSA) is 43.1 Å². The van der Waals surface area contributed by atoms with E-state index in [0.717, 1.165) is 12.8 Å². The molecule has 19 heavy (non-hydrogen) atoms. The summed E-state index contributed by atoms with van der Waals surface area (Å²) in [7, 11) is 0. The fraction of sp³-hybridized carbons (Fsp3) is 0.941. The summed E-state index contributed by atoms with van der Waals surface area (Å²) in [6.07, 6.45) is 18.3. The highest BCUT2D eigenvalue weighted by molar-refractivity contribution is 5.82. The molecule has 1 aliphatic rings. The van der Waals surface area contributed by atoms with Crippen molar-refractivity contribution in [2.75, 3.05) is 6.54 Å². The van der Waals surface area contributed by atoms with Crippen molar-refractivity contribution in [3.63, 3.8) is 0 Å². The Bertz CT molecular complexity index is 211. The Morgan fingerprint density at radius 2 is 1.00 bits per heavy atom. The zero-order valence-electron chi connectivity index (χ0n) is 12.7. The van der Waals surface area contributed by atoms with Gasteiger partial charge < -0.3 is 5.73 Å². The monoisotopic (exact) mass is 267 g/mol. The van der Waals surface area contributed by atoms with Gasteiger partial charge in [-0.2, -0.15) is 0 Å². The molecule has 2 nitrogen and oxygen atoms in total. The number of ketones is 1. The normalized spacial score (nSPS) is 22.4. The number of rotatable bonds is 2. The highest BCUT2D eigenvalue weighted by atomic mass is 16.1. The summed E-state index contributed by atoms with van der Waals surface area (Å²) in [4.78, 5) is 11.8. The summed E-state index contributed by atoms with van der Waals surface area (Å²) in [5.41, 5.74) is 5.54. The van der Waals surface area contributed by atoms with Gasteiger partial charge in [0.05, 0.1) is 6.54 Å². The third kappa shape index (κ3) is 8.41. The maximum atomic E-state index is 11.8. The molecule has 0 spiro atoms. The average molecular weight is 267 g/mol. The quantitative estimate of drug-likeness (QED) is 0.794. The first-order chi connectivity index (χ1) is 9.34. The number of Topliss-reactive ketones (excluding diaryl/α,β-unsaturated/α-hetero) is 1. The Balaban J connectivity index is 2.31. The van der Waals surface area contributed by atoms with Crippen LogP contribution in [0.3, 0.4) is 0 Å². The molecule has 0 aromatic heterocycles. The van der Waals surface area contributed by atoms with Gasteiger partial charge in [0.15, 0.2) is 0 Å². The lowest BCUT2D eigenvalue weighted by Gasteiger charge is -2.14. The van der Waals surface area contributed by atoms with Crippen LogP contribution >= 0.6 is 0 Å². The fourth-order valence-corrected chi connectivity index (χ4v) is 3.18. The summed E-state index contributed by atoms with van der Waals surface area (Å²) < 4.78 is 0. The van der Waals surface area contributed by atoms with Gasteiger partial charge in [-0.05, 0) is 12.8 Å². The van der Waals surface area contributed by atoms with Crippen LogP contribution in [-0.4, -0.2) is 12.3 Å². The van der Waals surface area contributed by atoms with E-state index in [1.807, 2.05) is 0 Å². The molecule has 0 radical (unpaired) electrons. The van der Waals surface area contributed by atoms with Crippen molar-refractivity contribution < 1.29 is 4.79 Å². The molecule has 1 rings (SSSR count). The number of carbonyl (C=O) groups is 1. The molecule has 0 amide bonds. The van der Waals surface area contributed by atoms with E-state index in [4.69, 9.17) is 5.73 Å². The molecule has 2 N–H and O–H groups in total. The Hall–Kier alpha value is -0.370. The van der Waals surface area contributed by atoms with Crippen LogP contribution < -0.4 is 5.73 Å². The first kappa shape index (κ1) is 16.7. The molecular weight excluding hydrogens is 234 g/mol. The van der Waals surface area contributed by atoms with Crippen LogP contribution in [0.1, 0.15) is 89.9 Å². The highest BCUT2D eigenvalue weighted by Gasteiger charge is 2.16. The van der Waals surface area contributed by atoms with Crippen LogP contribution in [0.4, 0.5) is 0 Å². The lowest BCUT2D eigenvalue weighted by atomic mass is 9.91. The lowest BCUT2D eigenvalue weighted by molar-refractivity contribution is -0.122. The first-order valence-corrected chi connectivity index (χ1v) is 8.57. The second kappa shape index (κ2) is 11.5. The van der Waals surface area contributed by atoms with Crippen molar-refractivity contribution in [3.8, 4) is 0 Å². The zero-order valence-corrected chi connectivity index (χ0v) is 12.7. The summed E-state index contributed by atoms with van der Waals surface area (Å²) >= 11 is 0. The van der Waals surface area contributed by atoms with Crippen LogP contribution in [0.5, 0.6) is 0 Å². The van der Waals surface area contributed by atoms with Crippen molar-refractivity contribution in [2.45, 2.75) is 89.9 Å². The maximum Gasteiger partial charge on any atom is 0.149 e. The third-order valence-corrected chi connectivity index (χ3v) is 4.51. The van der Waals surface area contributed by atoms with Crippen molar-refractivity contribution in [1.82, 2.24) is 0 Å².